The summed E-state index contributed by atoms with van der Waals surface area (Å²) in [5.74, 6) is -3.04. The molecular weight excluding hydrogens is 463 g/mol. The van der Waals surface area contributed by atoms with Crippen molar-refractivity contribution in [1.29, 1.82) is 0 Å². The second-order valence-electron chi connectivity index (χ2n) is 6.06. The number of carboxylic acid groups (broad SMARTS) is 1. The van der Waals surface area contributed by atoms with Crippen molar-refractivity contribution in [3.63, 3.8) is 0 Å². The summed E-state index contributed by atoms with van der Waals surface area (Å²) in [5.41, 5.74) is -4.28. The molecule has 4 nitrogen and oxygen atoms in total. The second kappa shape index (κ2) is 8.73. The molecule has 0 aliphatic heterocycles. The van der Waals surface area contributed by atoms with Gasteiger partial charge >= 0.3 is 18.3 Å². The molecule has 0 unspecified atom stereocenters. The number of hydrogen-bond donors (Lipinski definition) is 2. The van der Waals surface area contributed by atoms with Gasteiger partial charge in [-0.2, -0.15) is 26.3 Å². The van der Waals surface area contributed by atoms with Crippen LogP contribution in [0.3, 0.4) is 0 Å². The molecule has 162 valence electrons. The van der Waals surface area contributed by atoms with Crippen molar-refractivity contribution < 1.29 is 41.0 Å². The van der Waals surface area contributed by atoms with Crippen LogP contribution in [0.2, 0.25) is 10.0 Å². The van der Waals surface area contributed by atoms with E-state index < -0.39 is 53.4 Å². The fourth-order valence-corrected chi connectivity index (χ4v) is 3.01. The molecule has 2 rings (SSSR count). The van der Waals surface area contributed by atoms with Crippen LogP contribution in [0.1, 0.15) is 27.0 Å². The minimum absolute atomic E-state index is 0.0708. The van der Waals surface area contributed by atoms with Gasteiger partial charge in [-0.05, 0) is 35.9 Å². The highest BCUT2D eigenvalue weighted by Crippen LogP contribution is 2.36. The first kappa shape index (κ1) is 23.8. The number of halogens is 8. The molecule has 2 N–H and O–H groups in total. The third-order valence-corrected chi connectivity index (χ3v) is 4.63. The molecule has 0 saturated carbocycles. The molecule has 1 amide bonds. The summed E-state index contributed by atoms with van der Waals surface area (Å²) < 4.78 is 77.7. The van der Waals surface area contributed by atoms with Gasteiger partial charge in [0.05, 0.1) is 11.1 Å². The maximum atomic E-state index is 12.9. The summed E-state index contributed by atoms with van der Waals surface area (Å²) in [4.78, 5) is 23.8. The van der Waals surface area contributed by atoms with E-state index >= 15 is 0 Å². The van der Waals surface area contributed by atoms with Gasteiger partial charge in [0, 0.05) is 22.0 Å². The lowest BCUT2D eigenvalue weighted by Gasteiger charge is -2.18. The molecule has 2 aromatic rings. The van der Waals surface area contributed by atoms with Crippen LogP contribution in [-0.4, -0.2) is 23.0 Å². The van der Waals surface area contributed by atoms with Gasteiger partial charge in [-0.1, -0.05) is 29.3 Å². The Kier molecular flexibility index (Phi) is 6.93. The van der Waals surface area contributed by atoms with E-state index in [0.29, 0.717) is 0 Å². The molecule has 0 spiro atoms. The molecular formula is C18H11Cl2F6NO3. The van der Waals surface area contributed by atoms with Gasteiger partial charge in [-0.25, -0.2) is 4.79 Å². The minimum atomic E-state index is -5.16. The van der Waals surface area contributed by atoms with E-state index in [2.05, 4.69) is 0 Å². The zero-order valence-electron chi connectivity index (χ0n) is 14.5. The highest BCUT2D eigenvalue weighted by atomic mass is 35.5. The lowest BCUT2D eigenvalue weighted by atomic mass is 10.0. The molecule has 0 heterocycles. The molecule has 12 heteroatoms. The molecule has 0 aliphatic carbocycles. The standard InChI is InChI=1S/C18H11Cl2F6NO3/c19-12-2-1-3-13(20)11(12)7-14(16(29)30)27-15(28)8-4-9(17(21,22)23)6-10(5-8)18(24,25)26/h1-6,14H,7H2,(H,27,28)(H,29,30)/t14-/m0/s1. The number of hydrogen-bond acceptors (Lipinski definition) is 2. The van der Waals surface area contributed by atoms with Crippen LogP contribution < -0.4 is 5.32 Å². The van der Waals surface area contributed by atoms with Crippen LogP contribution in [-0.2, 0) is 23.6 Å². The first-order valence-electron chi connectivity index (χ1n) is 7.96. The maximum absolute atomic E-state index is 12.9. The van der Waals surface area contributed by atoms with E-state index in [-0.39, 0.29) is 33.8 Å². The second-order valence-corrected chi connectivity index (χ2v) is 6.88. The maximum Gasteiger partial charge on any atom is 0.416 e. The van der Waals surface area contributed by atoms with Crippen molar-refractivity contribution in [3.8, 4) is 0 Å². The van der Waals surface area contributed by atoms with Gasteiger partial charge in [0.15, 0.2) is 0 Å². The van der Waals surface area contributed by atoms with Crippen molar-refractivity contribution >= 4 is 35.1 Å². The van der Waals surface area contributed by atoms with E-state index in [1.165, 1.54) is 18.2 Å². The zero-order chi connectivity index (χ0) is 22.9. The molecule has 0 radical (unpaired) electrons. The van der Waals surface area contributed by atoms with Gasteiger partial charge in [-0.3, -0.25) is 4.79 Å². The Balaban J connectivity index is 2.39. The van der Waals surface area contributed by atoms with Crippen LogP contribution in [0.25, 0.3) is 0 Å². The van der Waals surface area contributed by atoms with Gasteiger partial charge < -0.3 is 10.4 Å². The number of carbonyl (C=O) groups excluding carboxylic acids is 1. The largest absolute Gasteiger partial charge is 0.480 e. The number of alkyl halides is 6. The smallest absolute Gasteiger partial charge is 0.416 e. The Morgan fingerprint density at radius 2 is 1.40 bits per heavy atom. The molecule has 0 fully saturated rings. The number of nitrogens with one attached hydrogen (secondary N) is 1. The number of carboxylic acids is 1. The van der Waals surface area contributed by atoms with Crippen molar-refractivity contribution in [2.45, 2.75) is 24.8 Å². The molecule has 2 aromatic carbocycles. The quantitative estimate of drug-likeness (QED) is 0.567. The van der Waals surface area contributed by atoms with Gasteiger partial charge in [-0.15, -0.1) is 0 Å². The van der Waals surface area contributed by atoms with Crippen molar-refractivity contribution in [2.75, 3.05) is 0 Å². The molecule has 0 aliphatic rings. The van der Waals surface area contributed by atoms with Gasteiger partial charge in [0.2, 0.25) is 0 Å². The zero-order valence-corrected chi connectivity index (χ0v) is 16.0. The van der Waals surface area contributed by atoms with E-state index in [0.717, 1.165) is 0 Å². The number of carbonyl (C=O) groups is 2. The summed E-state index contributed by atoms with van der Waals surface area (Å²) in [6.45, 7) is 0. The Bertz CT molecular complexity index is 923. The van der Waals surface area contributed by atoms with E-state index in [9.17, 15) is 41.0 Å². The Morgan fingerprint density at radius 1 is 0.933 bits per heavy atom. The fraction of sp³-hybridized carbons (Fsp3) is 0.222. The summed E-state index contributed by atoms with van der Waals surface area (Å²) >= 11 is 11.9. The van der Waals surface area contributed by atoms with E-state index in [4.69, 9.17) is 23.2 Å². The summed E-state index contributed by atoms with van der Waals surface area (Å²) in [6.07, 6.45) is -10.8. The topological polar surface area (TPSA) is 66.4 Å². The van der Waals surface area contributed by atoms with Crippen molar-refractivity contribution in [3.05, 3.63) is 68.7 Å². The lowest BCUT2D eigenvalue weighted by molar-refractivity contribution is -0.143. The van der Waals surface area contributed by atoms with Gasteiger partial charge in [0.25, 0.3) is 5.91 Å². The third kappa shape index (κ3) is 5.79. The minimum Gasteiger partial charge on any atom is -0.480 e. The molecule has 30 heavy (non-hydrogen) atoms. The van der Waals surface area contributed by atoms with Crippen LogP contribution >= 0.6 is 23.2 Å². The summed E-state index contributed by atoms with van der Waals surface area (Å²) in [5, 5.41) is 11.4. The number of aliphatic carboxylic acids is 1. The van der Waals surface area contributed by atoms with Crippen molar-refractivity contribution in [2.24, 2.45) is 0 Å². The Morgan fingerprint density at radius 3 is 1.80 bits per heavy atom. The normalized spacial score (nSPS) is 13.1. The highest BCUT2D eigenvalue weighted by Gasteiger charge is 2.37. The van der Waals surface area contributed by atoms with E-state index in [1.54, 1.807) is 0 Å². The molecule has 1 atom stereocenters. The first-order valence-corrected chi connectivity index (χ1v) is 8.71. The average Bonchev–Trinajstić information content (AvgIpc) is 2.61. The molecule has 0 aromatic heterocycles. The number of benzene rings is 2. The molecule has 0 bridgehead atoms. The third-order valence-electron chi connectivity index (χ3n) is 3.92. The first-order chi connectivity index (χ1) is 13.7. The van der Waals surface area contributed by atoms with Gasteiger partial charge in [0.1, 0.15) is 6.04 Å². The lowest BCUT2D eigenvalue weighted by Crippen LogP contribution is -2.42. The number of amides is 1. The SMILES string of the molecule is O=C(N[C@@H](Cc1c(Cl)cccc1Cl)C(=O)O)c1cc(C(F)(F)F)cc(C(F)(F)F)c1. The van der Waals surface area contributed by atoms with Crippen LogP contribution in [0.4, 0.5) is 26.3 Å². The average molecular weight is 474 g/mol. The Labute approximate surface area is 175 Å². The van der Waals surface area contributed by atoms with Crippen LogP contribution in [0.15, 0.2) is 36.4 Å². The predicted octanol–water partition coefficient (Wildman–Crippen LogP) is 5.46. The van der Waals surface area contributed by atoms with Crippen LogP contribution in [0.5, 0.6) is 0 Å². The Hall–Kier alpha value is -2.46. The monoisotopic (exact) mass is 473 g/mol. The van der Waals surface area contributed by atoms with Crippen LogP contribution in [0, 0.1) is 0 Å². The summed E-state index contributed by atoms with van der Waals surface area (Å²) in [7, 11) is 0. The summed E-state index contributed by atoms with van der Waals surface area (Å²) in [6, 6.07) is 2.80. The highest BCUT2D eigenvalue weighted by molar-refractivity contribution is 6.36. The molecule has 0 saturated heterocycles. The van der Waals surface area contributed by atoms with E-state index in [1.807, 2.05) is 5.32 Å². The number of rotatable bonds is 5. The predicted molar refractivity (Wildman–Crippen MR) is 95.5 cm³/mol. The van der Waals surface area contributed by atoms with Crippen molar-refractivity contribution in [1.82, 2.24) is 5.32 Å². The fourth-order valence-electron chi connectivity index (χ4n) is 2.46.